The molecule has 0 aliphatic carbocycles. The van der Waals surface area contributed by atoms with E-state index in [1.807, 2.05) is 6.92 Å². The van der Waals surface area contributed by atoms with Crippen LogP contribution in [0, 0.1) is 0 Å². The maximum Gasteiger partial charge on any atom is 0.339 e. The van der Waals surface area contributed by atoms with Crippen LogP contribution >= 0.6 is 34.8 Å². The highest BCUT2D eigenvalue weighted by Gasteiger charge is 2.20. The summed E-state index contributed by atoms with van der Waals surface area (Å²) in [6, 6.07) is 2.89. The summed E-state index contributed by atoms with van der Waals surface area (Å²) < 4.78 is 5.75. The summed E-state index contributed by atoms with van der Waals surface area (Å²) in [6.45, 7) is 2.30. The number of ether oxygens (including phenoxy) is 1. The maximum atomic E-state index is 11.2. The van der Waals surface area contributed by atoms with Gasteiger partial charge in [0.15, 0.2) is 11.5 Å². The van der Waals surface area contributed by atoms with Crippen molar-refractivity contribution in [3.8, 4) is 23.0 Å². The summed E-state index contributed by atoms with van der Waals surface area (Å²) >= 11 is 17.9. The number of carboxylic acids is 1. The van der Waals surface area contributed by atoms with Crippen molar-refractivity contribution in [2.75, 3.05) is 6.61 Å². The third-order valence-corrected chi connectivity index (χ3v) is 6.02. The summed E-state index contributed by atoms with van der Waals surface area (Å²) in [5, 5.41) is 39.1. The number of phenolic OH excluding ortho intramolecular Hbond substituents is 2. The lowest BCUT2D eigenvalue weighted by Gasteiger charge is -2.14. The number of carboxylic acid groups (broad SMARTS) is 1. The van der Waals surface area contributed by atoms with E-state index in [0.717, 1.165) is 12.8 Å². The largest absolute Gasteiger partial charge is 0.507 e. The van der Waals surface area contributed by atoms with E-state index in [0.29, 0.717) is 49.2 Å². The van der Waals surface area contributed by atoms with Crippen LogP contribution in [0.3, 0.4) is 0 Å². The molecule has 0 aliphatic rings. The number of halogens is 3. The van der Waals surface area contributed by atoms with Crippen LogP contribution in [0.1, 0.15) is 54.1 Å². The van der Waals surface area contributed by atoms with E-state index in [1.165, 1.54) is 6.07 Å². The van der Waals surface area contributed by atoms with Crippen molar-refractivity contribution in [2.45, 2.75) is 45.4 Å². The summed E-state index contributed by atoms with van der Waals surface area (Å²) in [5.41, 5.74) is 0.677. The Morgan fingerprint density at radius 1 is 0.867 bits per heavy atom. The third kappa shape index (κ3) is 5.36. The molecule has 164 valence electrons. The molecule has 0 atom stereocenters. The number of aromatic carboxylic acids is 1. The topological polar surface area (TPSA) is 107 Å². The molecular weight excluding hydrogens is 455 g/mol. The molecule has 0 spiro atoms. The second-order valence-corrected chi connectivity index (χ2v) is 7.90. The van der Waals surface area contributed by atoms with Gasteiger partial charge in [-0.05, 0) is 44.2 Å². The van der Waals surface area contributed by atoms with Gasteiger partial charge in [0.05, 0.1) is 16.7 Å². The van der Waals surface area contributed by atoms with Crippen LogP contribution in [0.5, 0.6) is 23.0 Å². The molecule has 0 saturated carbocycles. The number of aromatic hydroxyl groups is 3. The third-order valence-electron chi connectivity index (χ3n) is 4.67. The normalized spacial score (nSPS) is 10.9. The number of hydrogen-bond donors (Lipinski definition) is 4. The van der Waals surface area contributed by atoms with Gasteiger partial charge in [0.1, 0.15) is 22.1 Å². The fourth-order valence-corrected chi connectivity index (χ4v) is 3.81. The number of phenols is 3. The SMILES string of the molecule is CCCc1c(OCCCCCc2c(O)c(O)c(Cl)c(Cl)c2Cl)ccc(C(=O)O)c1O. The Hall–Kier alpha value is -2.02. The molecule has 6 nitrogen and oxygen atoms in total. The maximum absolute atomic E-state index is 11.2. The molecule has 0 heterocycles. The first-order valence-electron chi connectivity index (χ1n) is 9.48. The predicted molar refractivity (Wildman–Crippen MR) is 117 cm³/mol. The lowest BCUT2D eigenvalue weighted by Crippen LogP contribution is -2.04. The van der Waals surface area contributed by atoms with Crippen molar-refractivity contribution in [1.82, 2.24) is 0 Å². The van der Waals surface area contributed by atoms with Crippen LogP contribution in [0.2, 0.25) is 15.1 Å². The molecule has 0 fully saturated rings. The van der Waals surface area contributed by atoms with Crippen LogP contribution < -0.4 is 4.74 Å². The first-order chi connectivity index (χ1) is 14.2. The summed E-state index contributed by atoms with van der Waals surface area (Å²) in [4.78, 5) is 11.2. The van der Waals surface area contributed by atoms with E-state index in [1.54, 1.807) is 6.07 Å². The highest BCUT2D eigenvalue weighted by atomic mass is 35.5. The average Bonchev–Trinajstić information content (AvgIpc) is 2.71. The number of carbonyl (C=O) groups is 1. The van der Waals surface area contributed by atoms with E-state index in [-0.39, 0.29) is 32.1 Å². The Labute approximate surface area is 189 Å². The predicted octanol–water partition coefficient (Wildman–Crippen LogP) is 6.21. The fraction of sp³-hybridized carbons (Fsp3) is 0.381. The van der Waals surface area contributed by atoms with Crippen molar-refractivity contribution in [3.05, 3.63) is 43.9 Å². The van der Waals surface area contributed by atoms with Crippen LogP contribution in [0.4, 0.5) is 0 Å². The van der Waals surface area contributed by atoms with E-state index in [2.05, 4.69) is 0 Å². The second kappa shape index (κ2) is 10.8. The molecule has 0 bridgehead atoms. The van der Waals surface area contributed by atoms with Gasteiger partial charge >= 0.3 is 5.97 Å². The van der Waals surface area contributed by atoms with E-state index in [9.17, 15) is 20.1 Å². The number of hydrogen-bond acceptors (Lipinski definition) is 5. The van der Waals surface area contributed by atoms with Gasteiger partial charge in [0, 0.05) is 11.1 Å². The van der Waals surface area contributed by atoms with Crippen molar-refractivity contribution in [2.24, 2.45) is 0 Å². The minimum Gasteiger partial charge on any atom is -0.507 e. The smallest absolute Gasteiger partial charge is 0.339 e. The Morgan fingerprint density at radius 2 is 1.57 bits per heavy atom. The molecule has 0 radical (unpaired) electrons. The minimum atomic E-state index is -1.19. The van der Waals surface area contributed by atoms with Crippen molar-refractivity contribution >= 4 is 40.8 Å². The number of unbranched alkanes of at least 4 members (excludes halogenated alkanes) is 2. The van der Waals surface area contributed by atoms with Crippen LogP contribution in [-0.2, 0) is 12.8 Å². The lowest BCUT2D eigenvalue weighted by atomic mass is 10.0. The Morgan fingerprint density at radius 3 is 2.20 bits per heavy atom. The van der Waals surface area contributed by atoms with Gasteiger partial charge in [-0.15, -0.1) is 0 Å². The highest BCUT2D eigenvalue weighted by molar-refractivity contribution is 6.49. The van der Waals surface area contributed by atoms with Crippen LogP contribution in [-0.4, -0.2) is 33.0 Å². The molecule has 0 aliphatic heterocycles. The zero-order chi connectivity index (χ0) is 22.4. The monoisotopic (exact) mass is 476 g/mol. The standard InChI is InChI=1S/C21H23Cl3O6/c1-2-6-11-14(9-8-13(18(11)25)21(28)29)30-10-5-3-4-7-12-15(22)16(23)17(24)20(27)19(12)26/h8-9,25-27H,2-7,10H2,1H3,(H,28,29). The van der Waals surface area contributed by atoms with Gasteiger partial charge in [-0.3, -0.25) is 0 Å². The van der Waals surface area contributed by atoms with Gasteiger partial charge in [-0.2, -0.15) is 0 Å². The molecule has 0 aromatic heterocycles. The average molecular weight is 478 g/mol. The molecule has 2 aromatic rings. The zero-order valence-corrected chi connectivity index (χ0v) is 18.6. The van der Waals surface area contributed by atoms with E-state index < -0.39 is 11.7 Å². The van der Waals surface area contributed by atoms with Crippen molar-refractivity contribution in [1.29, 1.82) is 0 Å². The zero-order valence-electron chi connectivity index (χ0n) is 16.3. The molecule has 0 saturated heterocycles. The Kier molecular flexibility index (Phi) is 8.77. The highest BCUT2D eigenvalue weighted by Crippen LogP contribution is 2.47. The quantitative estimate of drug-likeness (QED) is 0.184. The van der Waals surface area contributed by atoms with Gasteiger partial charge in [-0.25, -0.2) is 4.79 Å². The Bertz CT molecular complexity index is 901. The number of benzene rings is 2. The molecule has 0 unspecified atom stereocenters. The molecule has 2 aromatic carbocycles. The van der Waals surface area contributed by atoms with Crippen LogP contribution in [0.25, 0.3) is 0 Å². The minimum absolute atomic E-state index is 0.0000331. The molecule has 30 heavy (non-hydrogen) atoms. The second-order valence-electron chi connectivity index (χ2n) is 6.77. The van der Waals surface area contributed by atoms with Crippen molar-refractivity contribution in [3.63, 3.8) is 0 Å². The first-order valence-corrected chi connectivity index (χ1v) is 10.6. The molecule has 9 heteroatoms. The Balaban J connectivity index is 1.93. The molecule has 0 amide bonds. The number of rotatable bonds is 10. The van der Waals surface area contributed by atoms with Crippen LogP contribution in [0.15, 0.2) is 12.1 Å². The lowest BCUT2D eigenvalue weighted by molar-refractivity contribution is 0.0693. The molecular formula is C21H23Cl3O6. The van der Waals surface area contributed by atoms with Crippen molar-refractivity contribution < 1.29 is 30.0 Å². The van der Waals surface area contributed by atoms with Gasteiger partial charge in [0.25, 0.3) is 0 Å². The van der Waals surface area contributed by atoms with E-state index >= 15 is 0 Å². The van der Waals surface area contributed by atoms with E-state index in [4.69, 9.17) is 44.6 Å². The van der Waals surface area contributed by atoms with Gasteiger partial charge in [-0.1, -0.05) is 48.1 Å². The van der Waals surface area contributed by atoms with Gasteiger partial charge < -0.3 is 25.2 Å². The summed E-state index contributed by atoms with van der Waals surface area (Å²) in [7, 11) is 0. The summed E-state index contributed by atoms with van der Waals surface area (Å²) in [5.74, 6) is -1.84. The van der Waals surface area contributed by atoms with Gasteiger partial charge in [0.2, 0.25) is 0 Å². The summed E-state index contributed by atoms with van der Waals surface area (Å²) in [6.07, 6.45) is 3.69. The fourth-order valence-electron chi connectivity index (χ4n) is 3.09. The molecule has 4 N–H and O–H groups in total. The molecule has 2 rings (SSSR count). The first kappa shape index (κ1) is 24.3.